The summed E-state index contributed by atoms with van der Waals surface area (Å²) in [7, 11) is 0. The highest BCUT2D eigenvalue weighted by atomic mass is 15.2. The number of hydrogen-bond acceptors (Lipinski definition) is 3. The third-order valence-electron chi connectivity index (χ3n) is 3.75. The molecule has 15 heavy (non-hydrogen) atoms. The van der Waals surface area contributed by atoms with Gasteiger partial charge in [-0.2, -0.15) is 0 Å². The number of nitrogens with zero attached hydrogens (tertiary/aromatic N) is 2. The van der Waals surface area contributed by atoms with E-state index in [9.17, 15) is 0 Å². The Kier molecular flexibility index (Phi) is 2.13. The number of aromatic nitrogens is 1. The summed E-state index contributed by atoms with van der Waals surface area (Å²) in [6.07, 6.45) is 6.01. The maximum atomic E-state index is 5.65. The summed E-state index contributed by atoms with van der Waals surface area (Å²) in [5.41, 5.74) is 6.83. The van der Waals surface area contributed by atoms with Crippen molar-refractivity contribution in [3.8, 4) is 0 Å². The van der Waals surface area contributed by atoms with Crippen LogP contribution in [0.15, 0.2) is 18.3 Å². The first-order valence-corrected chi connectivity index (χ1v) is 5.78. The molecule has 3 rings (SSSR count). The summed E-state index contributed by atoms with van der Waals surface area (Å²) in [5, 5.41) is 0. The summed E-state index contributed by atoms with van der Waals surface area (Å²) < 4.78 is 0. The van der Waals surface area contributed by atoms with Crippen LogP contribution < -0.4 is 10.6 Å². The molecule has 1 saturated carbocycles. The predicted molar refractivity (Wildman–Crippen MR) is 60.6 cm³/mol. The Labute approximate surface area is 90.3 Å². The molecule has 2 fully saturated rings. The fraction of sp³-hybridized carbons (Fsp3) is 0.583. The standard InChI is InChI=1S/C12H17N3/c13-7-9-3-4-14-12(6-9)15-8-10-1-2-11(15)5-10/h3-4,6,10-11H,1-2,5,7-8,13H2. The zero-order valence-electron chi connectivity index (χ0n) is 8.89. The SMILES string of the molecule is NCc1ccnc(N2CC3CCC2C3)c1. The summed E-state index contributed by atoms with van der Waals surface area (Å²) in [5.74, 6) is 2.04. The van der Waals surface area contributed by atoms with E-state index >= 15 is 0 Å². The van der Waals surface area contributed by atoms with Gasteiger partial charge in [0.05, 0.1) is 0 Å². The van der Waals surface area contributed by atoms with Crippen molar-refractivity contribution in [2.45, 2.75) is 31.8 Å². The molecule has 2 bridgehead atoms. The van der Waals surface area contributed by atoms with Crippen LogP contribution in [0.2, 0.25) is 0 Å². The second-order valence-corrected chi connectivity index (χ2v) is 4.71. The second kappa shape index (κ2) is 3.49. The molecular weight excluding hydrogens is 186 g/mol. The van der Waals surface area contributed by atoms with Crippen molar-refractivity contribution in [3.63, 3.8) is 0 Å². The minimum Gasteiger partial charge on any atom is -0.353 e. The Morgan fingerprint density at radius 1 is 1.47 bits per heavy atom. The second-order valence-electron chi connectivity index (χ2n) is 4.71. The molecule has 2 aliphatic rings. The van der Waals surface area contributed by atoms with Crippen LogP contribution in [0.3, 0.4) is 0 Å². The Morgan fingerprint density at radius 3 is 3.07 bits per heavy atom. The van der Waals surface area contributed by atoms with Gasteiger partial charge in [-0.3, -0.25) is 0 Å². The molecule has 1 aliphatic carbocycles. The van der Waals surface area contributed by atoms with Crippen molar-refractivity contribution in [2.24, 2.45) is 11.7 Å². The van der Waals surface area contributed by atoms with Gasteiger partial charge in [0.25, 0.3) is 0 Å². The van der Waals surface area contributed by atoms with Crippen LogP contribution in [-0.4, -0.2) is 17.6 Å². The van der Waals surface area contributed by atoms with Crippen LogP contribution >= 0.6 is 0 Å². The maximum Gasteiger partial charge on any atom is 0.129 e. The number of fused-ring (bicyclic) bond motifs is 2. The number of anilines is 1. The van der Waals surface area contributed by atoms with E-state index in [1.165, 1.54) is 31.4 Å². The molecule has 1 aliphatic heterocycles. The van der Waals surface area contributed by atoms with Crippen LogP contribution in [0.1, 0.15) is 24.8 Å². The lowest BCUT2D eigenvalue weighted by atomic mass is 10.1. The van der Waals surface area contributed by atoms with E-state index in [-0.39, 0.29) is 0 Å². The topological polar surface area (TPSA) is 42.1 Å². The largest absolute Gasteiger partial charge is 0.353 e. The number of rotatable bonds is 2. The Bertz CT molecular complexity index is 364. The van der Waals surface area contributed by atoms with Crippen LogP contribution in [0, 0.1) is 5.92 Å². The van der Waals surface area contributed by atoms with E-state index in [1.54, 1.807) is 0 Å². The van der Waals surface area contributed by atoms with Gasteiger partial charge in [-0.1, -0.05) is 0 Å². The van der Waals surface area contributed by atoms with Crippen LogP contribution in [-0.2, 0) is 6.54 Å². The highest BCUT2D eigenvalue weighted by molar-refractivity contribution is 5.44. The molecule has 3 heteroatoms. The summed E-state index contributed by atoms with van der Waals surface area (Å²) in [6, 6.07) is 4.88. The lowest BCUT2D eigenvalue weighted by Gasteiger charge is -2.28. The zero-order chi connectivity index (χ0) is 10.3. The van der Waals surface area contributed by atoms with Gasteiger partial charge in [-0.05, 0) is 42.9 Å². The molecule has 80 valence electrons. The number of nitrogens with two attached hydrogens (primary N) is 1. The van der Waals surface area contributed by atoms with E-state index < -0.39 is 0 Å². The molecular formula is C12H17N3. The van der Waals surface area contributed by atoms with Gasteiger partial charge < -0.3 is 10.6 Å². The van der Waals surface area contributed by atoms with Gasteiger partial charge in [0.1, 0.15) is 5.82 Å². The molecule has 1 aromatic heterocycles. The third-order valence-corrected chi connectivity index (χ3v) is 3.75. The minimum atomic E-state index is 0.609. The van der Waals surface area contributed by atoms with E-state index in [2.05, 4.69) is 16.0 Å². The normalized spacial score (nSPS) is 28.7. The number of hydrogen-bond donors (Lipinski definition) is 1. The van der Waals surface area contributed by atoms with Crippen LogP contribution in [0.5, 0.6) is 0 Å². The molecule has 2 atom stereocenters. The lowest BCUT2D eigenvalue weighted by molar-refractivity contribution is 0.550. The third kappa shape index (κ3) is 1.51. The van der Waals surface area contributed by atoms with Crippen molar-refractivity contribution < 1.29 is 0 Å². The fourth-order valence-corrected chi connectivity index (χ4v) is 2.95. The van der Waals surface area contributed by atoms with Gasteiger partial charge >= 0.3 is 0 Å². The molecule has 2 N–H and O–H groups in total. The lowest BCUT2D eigenvalue weighted by Crippen LogP contribution is -2.32. The molecule has 0 aromatic carbocycles. The Balaban J connectivity index is 1.86. The molecule has 2 heterocycles. The van der Waals surface area contributed by atoms with Gasteiger partial charge in [0.2, 0.25) is 0 Å². The zero-order valence-corrected chi connectivity index (χ0v) is 8.89. The smallest absolute Gasteiger partial charge is 0.129 e. The van der Waals surface area contributed by atoms with E-state index in [0.29, 0.717) is 6.54 Å². The van der Waals surface area contributed by atoms with Crippen molar-refractivity contribution in [2.75, 3.05) is 11.4 Å². The molecule has 0 amide bonds. The minimum absolute atomic E-state index is 0.609. The number of piperidine rings is 1. The van der Waals surface area contributed by atoms with Gasteiger partial charge in [0, 0.05) is 25.3 Å². The van der Waals surface area contributed by atoms with Crippen molar-refractivity contribution in [1.82, 2.24) is 4.98 Å². The van der Waals surface area contributed by atoms with E-state index in [4.69, 9.17) is 5.73 Å². The quantitative estimate of drug-likeness (QED) is 0.792. The highest BCUT2D eigenvalue weighted by Crippen LogP contribution is 2.39. The summed E-state index contributed by atoms with van der Waals surface area (Å²) >= 11 is 0. The fourth-order valence-electron chi connectivity index (χ4n) is 2.95. The predicted octanol–water partition coefficient (Wildman–Crippen LogP) is 1.53. The molecule has 2 unspecified atom stereocenters. The number of pyridine rings is 1. The van der Waals surface area contributed by atoms with Crippen molar-refractivity contribution >= 4 is 5.82 Å². The average Bonchev–Trinajstić information content (AvgIpc) is 2.91. The van der Waals surface area contributed by atoms with Gasteiger partial charge in [-0.15, -0.1) is 0 Å². The highest BCUT2D eigenvalue weighted by Gasteiger charge is 2.38. The first-order valence-electron chi connectivity index (χ1n) is 5.78. The molecule has 1 saturated heterocycles. The maximum absolute atomic E-state index is 5.65. The molecule has 0 radical (unpaired) electrons. The van der Waals surface area contributed by atoms with Gasteiger partial charge in [0.15, 0.2) is 0 Å². The summed E-state index contributed by atoms with van der Waals surface area (Å²) in [6.45, 7) is 1.81. The first-order chi connectivity index (χ1) is 7.36. The Morgan fingerprint density at radius 2 is 2.40 bits per heavy atom. The Hall–Kier alpha value is -1.09. The van der Waals surface area contributed by atoms with Crippen LogP contribution in [0.25, 0.3) is 0 Å². The van der Waals surface area contributed by atoms with E-state index in [1.807, 2.05) is 12.3 Å². The molecule has 1 aromatic rings. The van der Waals surface area contributed by atoms with Crippen molar-refractivity contribution in [3.05, 3.63) is 23.9 Å². The monoisotopic (exact) mass is 203 g/mol. The molecule has 0 spiro atoms. The van der Waals surface area contributed by atoms with E-state index in [0.717, 1.165) is 17.8 Å². The van der Waals surface area contributed by atoms with Crippen molar-refractivity contribution in [1.29, 1.82) is 0 Å². The van der Waals surface area contributed by atoms with Crippen LogP contribution in [0.4, 0.5) is 5.82 Å². The summed E-state index contributed by atoms with van der Waals surface area (Å²) in [4.78, 5) is 6.92. The first kappa shape index (κ1) is 9.16. The molecule has 3 nitrogen and oxygen atoms in total. The average molecular weight is 203 g/mol. The van der Waals surface area contributed by atoms with Gasteiger partial charge in [-0.25, -0.2) is 4.98 Å².